The number of aromatic nitrogens is 4. The van der Waals surface area contributed by atoms with E-state index in [1.54, 1.807) is 6.20 Å². The summed E-state index contributed by atoms with van der Waals surface area (Å²) in [6, 6.07) is 27.0. The van der Waals surface area contributed by atoms with Gasteiger partial charge in [0.1, 0.15) is 5.82 Å². The normalized spacial score (nSPS) is 13.6. The van der Waals surface area contributed by atoms with E-state index in [0.29, 0.717) is 0 Å². The zero-order valence-corrected chi connectivity index (χ0v) is 22.2. The summed E-state index contributed by atoms with van der Waals surface area (Å²) < 4.78 is 5.52. The lowest BCUT2D eigenvalue weighted by Crippen LogP contribution is -2.36. The molecule has 0 amide bonds. The Morgan fingerprint density at radius 1 is 0.750 bits per heavy atom. The minimum atomic E-state index is 0.761. The number of fused-ring (bicyclic) bond motifs is 2. The second-order valence-electron chi connectivity index (χ2n) is 9.99. The molecule has 0 unspecified atom stereocenters. The number of hydrogen-bond acceptors (Lipinski definition) is 7. The number of anilines is 5. The van der Waals surface area contributed by atoms with E-state index in [2.05, 4.69) is 91.1 Å². The van der Waals surface area contributed by atoms with Crippen LogP contribution < -0.4 is 15.5 Å². The van der Waals surface area contributed by atoms with Gasteiger partial charge >= 0.3 is 0 Å². The van der Waals surface area contributed by atoms with Gasteiger partial charge in [0.25, 0.3) is 0 Å². The average Bonchev–Trinajstić information content (AvgIpc) is 3.42. The van der Waals surface area contributed by atoms with Gasteiger partial charge in [-0.05, 0) is 85.8 Å². The van der Waals surface area contributed by atoms with Crippen LogP contribution >= 0.6 is 0 Å². The first kappa shape index (κ1) is 24.1. The first-order valence-electron chi connectivity index (χ1n) is 13.5. The zero-order valence-electron chi connectivity index (χ0n) is 22.2. The smallest absolute Gasteiger partial charge is 0.138 e. The number of aryl methyl sites for hydroxylation is 1. The number of morpholine rings is 1. The van der Waals surface area contributed by atoms with Crippen LogP contribution in [0.3, 0.4) is 0 Å². The molecule has 3 aromatic carbocycles. The number of hydrogen-bond donors (Lipinski definition) is 3. The molecule has 40 heavy (non-hydrogen) atoms. The van der Waals surface area contributed by atoms with Crippen LogP contribution in [0.4, 0.5) is 28.4 Å². The highest BCUT2D eigenvalue weighted by molar-refractivity contribution is 5.95. The molecule has 1 saturated heterocycles. The molecule has 0 bridgehead atoms. The number of rotatable bonds is 6. The van der Waals surface area contributed by atoms with Gasteiger partial charge in [0.15, 0.2) is 0 Å². The maximum Gasteiger partial charge on any atom is 0.138 e. The van der Waals surface area contributed by atoms with E-state index < -0.39 is 0 Å². The third-order valence-corrected chi connectivity index (χ3v) is 7.21. The second kappa shape index (κ2) is 10.3. The van der Waals surface area contributed by atoms with E-state index in [0.717, 1.165) is 88.1 Å². The monoisotopic (exact) mass is 527 g/mol. The topological polar surface area (TPSA) is 91.0 Å². The average molecular weight is 528 g/mol. The molecule has 3 aromatic heterocycles. The number of ether oxygens (including phenoxy) is 1. The predicted molar refractivity (Wildman–Crippen MR) is 162 cm³/mol. The number of pyridine rings is 2. The summed E-state index contributed by atoms with van der Waals surface area (Å²) in [7, 11) is 0. The third-order valence-electron chi connectivity index (χ3n) is 7.21. The first-order chi connectivity index (χ1) is 19.7. The fourth-order valence-electron chi connectivity index (χ4n) is 5.14. The number of nitrogens with one attached hydrogen (secondary N) is 3. The highest BCUT2D eigenvalue weighted by atomic mass is 16.5. The summed E-state index contributed by atoms with van der Waals surface area (Å²) in [5.41, 5.74) is 10.1. The Kier molecular flexibility index (Phi) is 6.22. The molecule has 0 saturated carbocycles. The summed E-state index contributed by atoms with van der Waals surface area (Å²) in [6.07, 6.45) is 3.65. The molecule has 8 heteroatoms. The minimum Gasteiger partial charge on any atom is -0.378 e. The highest BCUT2D eigenvalue weighted by Gasteiger charge is 2.13. The largest absolute Gasteiger partial charge is 0.378 e. The molecule has 3 N–H and O–H groups in total. The molecule has 0 atom stereocenters. The maximum absolute atomic E-state index is 5.52. The van der Waals surface area contributed by atoms with Crippen LogP contribution in [-0.4, -0.2) is 46.2 Å². The van der Waals surface area contributed by atoms with Crippen LogP contribution in [0.15, 0.2) is 91.3 Å². The number of benzene rings is 3. The number of nitrogens with zero attached hydrogens (tertiary/aromatic N) is 4. The van der Waals surface area contributed by atoms with Gasteiger partial charge in [-0.3, -0.25) is 9.97 Å². The van der Waals surface area contributed by atoms with E-state index in [9.17, 15) is 0 Å². The van der Waals surface area contributed by atoms with Crippen molar-refractivity contribution < 1.29 is 4.74 Å². The van der Waals surface area contributed by atoms with Crippen LogP contribution in [-0.2, 0) is 4.74 Å². The second-order valence-corrected chi connectivity index (χ2v) is 9.99. The third kappa shape index (κ3) is 4.92. The van der Waals surface area contributed by atoms with Crippen LogP contribution in [0.25, 0.3) is 33.3 Å². The molecule has 0 aliphatic carbocycles. The van der Waals surface area contributed by atoms with E-state index in [1.807, 2.05) is 31.3 Å². The summed E-state index contributed by atoms with van der Waals surface area (Å²) in [6.45, 7) is 5.31. The summed E-state index contributed by atoms with van der Waals surface area (Å²) in [4.78, 5) is 19.5. The van der Waals surface area contributed by atoms with E-state index in [4.69, 9.17) is 9.72 Å². The molecule has 8 nitrogen and oxygen atoms in total. The Bertz CT molecular complexity index is 1810. The van der Waals surface area contributed by atoms with E-state index in [-0.39, 0.29) is 0 Å². The molecule has 1 aliphatic heterocycles. The predicted octanol–water partition coefficient (Wildman–Crippen LogP) is 6.81. The quantitative estimate of drug-likeness (QED) is 0.219. The molecule has 198 valence electrons. The van der Waals surface area contributed by atoms with Crippen molar-refractivity contribution in [1.29, 1.82) is 0 Å². The van der Waals surface area contributed by atoms with Crippen molar-refractivity contribution in [3.05, 3.63) is 97.0 Å². The highest BCUT2D eigenvalue weighted by Crippen LogP contribution is 2.31. The van der Waals surface area contributed by atoms with Gasteiger partial charge in [0.05, 0.1) is 29.8 Å². The van der Waals surface area contributed by atoms with Gasteiger partial charge < -0.3 is 25.3 Å². The molecular formula is C32H29N7O. The molecule has 0 radical (unpaired) electrons. The molecule has 0 spiro atoms. The lowest BCUT2D eigenvalue weighted by Gasteiger charge is -2.29. The van der Waals surface area contributed by atoms with Gasteiger partial charge in [-0.15, -0.1) is 0 Å². The molecule has 4 heterocycles. The van der Waals surface area contributed by atoms with Crippen molar-refractivity contribution >= 4 is 50.4 Å². The maximum atomic E-state index is 5.52. The Labute approximate surface area is 232 Å². The Balaban J connectivity index is 1.11. The SMILES string of the molecule is Cc1cc(Nc2ccc3[nH]c(-c4ccc(Nc5ccnc6ccc(N7CCOCC7)cc56)cc4)nc3c2)ccn1. The summed E-state index contributed by atoms with van der Waals surface area (Å²) in [5, 5.41) is 8.12. The van der Waals surface area contributed by atoms with Crippen LogP contribution in [0.2, 0.25) is 0 Å². The first-order valence-corrected chi connectivity index (χ1v) is 13.5. The van der Waals surface area contributed by atoms with Crippen LogP contribution in [0.5, 0.6) is 0 Å². The van der Waals surface area contributed by atoms with Crippen LogP contribution in [0.1, 0.15) is 5.69 Å². The number of imidazole rings is 1. The Morgan fingerprint density at radius 2 is 1.55 bits per heavy atom. The molecular weight excluding hydrogens is 498 g/mol. The Hall–Kier alpha value is -4.95. The van der Waals surface area contributed by atoms with Crippen molar-refractivity contribution in [2.45, 2.75) is 6.92 Å². The number of aromatic amines is 1. The van der Waals surface area contributed by atoms with E-state index in [1.165, 1.54) is 5.69 Å². The molecule has 6 aromatic rings. The van der Waals surface area contributed by atoms with E-state index >= 15 is 0 Å². The molecule has 1 aliphatic rings. The van der Waals surface area contributed by atoms with Crippen molar-refractivity contribution in [3.8, 4) is 11.4 Å². The van der Waals surface area contributed by atoms with Gasteiger partial charge in [0.2, 0.25) is 0 Å². The van der Waals surface area contributed by atoms with Gasteiger partial charge in [-0.2, -0.15) is 0 Å². The van der Waals surface area contributed by atoms with Crippen molar-refractivity contribution in [2.75, 3.05) is 41.8 Å². The van der Waals surface area contributed by atoms with Crippen molar-refractivity contribution in [1.82, 2.24) is 19.9 Å². The van der Waals surface area contributed by atoms with Crippen molar-refractivity contribution in [2.24, 2.45) is 0 Å². The van der Waals surface area contributed by atoms with Gasteiger partial charge in [-0.25, -0.2) is 4.98 Å². The minimum absolute atomic E-state index is 0.761. The Morgan fingerprint density at radius 3 is 2.40 bits per heavy atom. The standard InChI is InChI=1S/C32H29N7O/c1-21-18-25(10-12-33-21)35-24-6-8-30-31(19-24)38-32(37-30)22-2-4-23(5-3-22)36-29-11-13-34-28-9-7-26(20-27(28)29)39-14-16-40-17-15-39/h2-13,18-20H,14-17H2,1H3,(H,33,35)(H,34,36)(H,37,38). The fourth-order valence-corrected chi connectivity index (χ4v) is 5.14. The van der Waals surface area contributed by atoms with Gasteiger partial charge in [-0.1, -0.05) is 0 Å². The summed E-state index contributed by atoms with van der Waals surface area (Å²) in [5.74, 6) is 0.836. The fraction of sp³-hybridized carbons (Fsp3) is 0.156. The molecule has 7 rings (SSSR count). The van der Waals surface area contributed by atoms with Gasteiger partial charge in [0, 0.05) is 70.6 Å². The van der Waals surface area contributed by atoms with Crippen molar-refractivity contribution in [3.63, 3.8) is 0 Å². The molecule has 1 fully saturated rings. The lowest BCUT2D eigenvalue weighted by atomic mass is 10.1. The van der Waals surface area contributed by atoms with Crippen LogP contribution in [0, 0.1) is 6.92 Å². The summed E-state index contributed by atoms with van der Waals surface area (Å²) >= 11 is 0. The zero-order chi connectivity index (χ0) is 26.9. The number of H-pyrrole nitrogens is 1. The lowest BCUT2D eigenvalue weighted by molar-refractivity contribution is 0.122.